The molecule has 2 aliphatic heterocycles. The highest BCUT2D eigenvalue weighted by Gasteiger charge is 2.49. The Hall–Kier alpha value is -1.35. The molecule has 3 atom stereocenters. The summed E-state index contributed by atoms with van der Waals surface area (Å²) in [6.07, 6.45) is 3.21. The average molecular weight is 420 g/mol. The van der Waals surface area contributed by atoms with Crippen LogP contribution in [0.5, 0.6) is 0 Å². The largest absolute Gasteiger partial charge is 0.490 e. The smallest absolute Gasteiger partial charge is 0.475 e. The van der Waals surface area contributed by atoms with E-state index in [2.05, 4.69) is 17.1 Å². The van der Waals surface area contributed by atoms with Gasteiger partial charge in [-0.2, -0.15) is 13.2 Å². The van der Waals surface area contributed by atoms with E-state index in [-0.39, 0.29) is 17.6 Å². The van der Waals surface area contributed by atoms with Crippen LogP contribution >= 0.6 is 0 Å². The number of rotatable bonds is 5. The van der Waals surface area contributed by atoms with Crippen molar-refractivity contribution in [3.8, 4) is 0 Å². The average Bonchev–Trinajstić information content (AvgIpc) is 3.57. The molecule has 1 amide bonds. The van der Waals surface area contributed by atoms with Crippen molar-refractivity contribution >= 4 is 11.9 Å². The van der Waals surface area contributed by atoms with Crippen molar-refractivity contribution in [1.29, 1.82) is 0 Å². The number of likely N-dealkylation sites (tertiary alicyclic amines) is 1. The Labute approximate surface area is 169 Å². The van der Waals surface area contributed by atoms with Crippen LogP contribution in [-0.4, -0.2) is 65.9 Å². The zero-order chi connectivity index (χ0) is 21.2. The number of nitrogens with zero attached hydrogens (tertiary/aromatic N) is 1. The van der Waals surface area contributed by atoms with E-state index in [0.29, 0.717) is 5.92 Å². The highest BCUT2D eigenvalue weighted by atomic mass is 19.4. The number of alkyl halides is 3. The number of hydrogen-bond acceptors (Lipinski definition) is 4. The van der Waals surface area contributed by atoms with Gasteiger partial charge in [-0.25, -0.2) is 4.79 Å². The van der Waals surface area contributed by atoms with Crippen LogP contribution in [0.1, 0.15) is 51.9 Å². The number of halogens is 3. The Balaban J connectivity index is 0.000000298. The molecule has 166 valence electrons. The number of aliphatic carboxylic acids is 1. The Bertz CT molecular complexity index is 607. The predicted molar refractivity (Wildman–Crippen MR) is 99.2 cm³/mol. The van der Waals surface area contributed by atoms with Crippen molar-refractivity contribution in [3.63, 3.8) is 0 Å². The Morgan fingerprint density at radius 3 is 2.28 bits per heavy atom. The number of nitrogens with one attached hydrogen (secondary N) is 1. The van der Waals surface area contributed by atoms with Gasteiger partial charge in [-0.1, -0.05) is 6.92 Å². The lowest BCUT2D eigenvalue weighted by atomic mass is 9.80. The van der Waals surface area contributed by atoms with Gasteiger partial charge in [0.25, 0.3) is 0 Å². The van der Waals surface area contributed by atoms with Crippen LogP contribution in [0.15, 0.2) is 0 Å². The molecule has 4 fully saturated rings. The molecule has 0 aromatic carbocycles. The first-order valence-electron chi connectivity index (χ1n) is 10.6. The first-order chi connectivity index (χ1) is 13.6. The molecule has 9 heteroatoms. The maximum Gasteiger partial charge on any atom is 0.490 e. The zero-order valence-corrected chi connectivity index (χ0v) is 16.8. The van der Waals surface area contributed by atoms with E-state index in [1.807, 2.05) is 0 Å². The van der Waals surface area contributed by atoms with Crippen LogP contribution in [0.25, 0.3) is 0 Å². The Morgan fingerprint density at radius 2 is 1.76 bits per heavy atom. The van der Waals surface area contributed by atoms with Gasteiger partial charge in [-0.05, 0) is 62.7 Å². The Morgan fingerprint density at radius 1 is 1.14 bits per heavy atom. The summed E-state index contributed by atoms with van der Waals surface area (Å²) in [5, 5.41) is 10.2. The molecule has 4 aliphatic rings. The quantitative estimate of drug-likeness (QED) is 0.715. The number of hydrogen-bond donors (Lipinski definition) is 2. The molecule has 0 aromatic heterocycles. The van der Waals surface area contributed by atoms with E-state index in [9.17, 15) is 18.0 Å². The summed E-state index contributed by atoms with van der Waals surface area (Å²) in [7, 11) is 0. The molecular weight excluding hydrogens is 389 g/mol. The van der Waals surface area contributed by atoms with E-state index >= 15 is 0 Å². The van der Waals surface area contributed by atoms with Crippen molar-refractivity contribution in [1.82, 2.24) is 10.2 Å². The molecule has 6 nitrogen and oxygen atoms in total. The van der Waals surface area contributed by atoms with Crippen molar-refractivity contribution < 1.29 is 32.6 Å². The number of carbonyl (C=O) groups is 2. The summed E-state index contributed by atoms with van der Waals surface area (Å²) in [5.74, 6) is -0.374. The van der Waals surface area contributed by atoms with Crippen LogP contribution in [0.4, 0.5) is 13.2 Å². The summed E-state index contributed by atoms with van der Waals surface area (Å²) in [4.78, 5) is 23.8. The van der Waals surface area contributed by atoms with Crippen LogP contribution in [-0.2, 0) is 14.3 Å². The van der Waals surface area contributed by atoms with Crippen LogP contribution in [0, 0.1) is 17.8 Å². The zero-order valence-electron chi connectivity index (χ0n) is 16.8. The molecule has 1 unspecified atom stereocenters. The van der Waals surface area contributed by atoms with E-state index in [0.717, 1.165) is 50.7 Å². The molecule has 2 heterocycles. The van der Waals surface area contributed by atoms with Gasteiger partial charge in [0, 0.05) is 26.2 Å². The third kappa shape index (κ3) is 6.31. The normalized spacial score (nSPS) is 32.6. The van der Waals surface area contributed by atoms with Crippen LogP contribution in [0.2, 0.25) is 0 Å². The fraction of sp³-hybridized carbons (Fsp3) is 0.900. The van der Waals surface area contributed by atoms with Crippen molar-refractivity contribution in [2.75, 3.05) is 26.2 Å². The molecule has 1 spiro atoms. The molecule has 4 rings (SSSR count). The lowest BCUT2D eigenvalue weighted by Crippen LogP contribution is -2.52. The highest BCUT2D eigenvalue weighted by Crippen LogP contribution is 2.43. The first-order valence-corrected chi connectivity index (χ1v) is 10.6. The predicted octanol–water partition coefficient (Wildman–Crippen LogP) is 2.82. The molecule has 0 bridgehead atoms. The van der Waals surface area contributed by atoms with Crippen molar-refractivity contribution in [2.45, 2.75) is 69.8 Å². The number of carboxylic acid groups (broad SMARTS) is 1. The SMILES string of the molecule is C[C@H]1CN(CC2CC2)CC[C@]12CCC(C(=O)NCC1CC1)O2.O=C(O)C(F)(F)F. The third-order valence-electron chi connectivity index (χ3n) is 6.50. The molecule has 2 aliphatic carbocycles. The van der Waals surface area contributed by atoms with Gasteiger partial charge in [-0.3, -0.25) is 4.79 Å². The fourth-order valence-electron chi connectivity index (χ4n) is 4.26. The minimum absolute atomic E-state index is 0.0262. The minimum atomic E-state index is -5.08. The van der Waals surface area contributed by atoms with Gasteiger partial charge in [0.05, 0.1) is 5.60 Å². The van der Waals surface area contributed by atoms with Crippen LogP contribution < -0.4 is 5.32 Å². The van der Waals surface area contributed by atoms with Gasteiger partial charge < -0.3 is 20.1 Å². The molecular formula is C20H31F3N2O4. The maximum atomic E-state index is 12.3. The van der Waals surface area contributed by atoms with Gasteiger partial charge in [-0.15, -0.1) is 0 Å². The van der Waals surface area contributed by atoms with E-state index in [1.165, 1.54) is 32.2 Å². The topological polar surface area (TPSA) is 78.9 Å². The Kier molecular flexibility index (Phi) is 6.77. The number of ether oxygens (including phenoxy) is 1. The summed E-state index contributed by atoms with van der Waals surface area (Å²) < 4.78 is 38.1. The van der Waals surface area contributed by atoms with Gasteiger partial charge >= 0.3 is 12.1 Å². The summed E-state index contributed by atoms with van der Waals surface area (Å²) >= 11 is 0. The van der Waals surface area contributed by atoms with E-state index < -0.39 is 12.1 Å². The molecule has 0 radical (unpaired) electrons. The maximum absolute atomic E-state index is 12.3. The number of piperidine rings is 1. The number of carboxylic acids is 1. The second-order valence-corrected chi connectivity index (χ2v) is 9.06. The summed E-state index contributed by atoms with van der Waals surface area (Å²) in [6.45, 7) is 6.76. The summed E-state index contributed by atoms with van der Waals surface area (Å²) in [6, 6.07) is 0. The van der Waals surface area contributed by atoms with Crippen molar-refractivity contribution in [3.05, 3.63) is 0 Å². The van der Waals surface area contributed by atoms with Crippen molar-refractivity contribution in [2.24, 2.45) is 17.8 Å². The van der Waals surface area contributed by atoms with E-state index in [1.54, 1.807) is 0 Å². The van der Waals surface area contributed by atoms with E-state index in [4.69, 9.17) is 14.6 Å². The lowest BCUT2D eigenvalue weighted by molar-refractivity contribution is -0.192. The number of amides is 1. The lowest BCUT2D eigenvalue weighted by Gasteiger charge is -2.44. The minimum Gasteiger partial charge on any atom is -0.475 e. The van der Waals surface area contributed by atoms with Gasteiger partial charge in [0.2, 0.25) is 5.91 Å². The standard InChI is InChI=1S/C18H30N2O2.C2HF3O2/c1-13-11-20(12-15-4-5-15)9-8-18(13)7-6-16(22-18)17(21)19-10-14-2-3-14;3-2(4,5)1(6)7/h13-16H,2-12H2,1H3,(H,19,21);(H,6,7)/t13-,16?,18+;/m0./s1. The molecule has 29 heavy (non-hydrogen) atoms. The molecule has 2 saturated carbocycles. The van der Waals surface area contributed by atoms with Crippen LogP contribution in [0.3, 0.4) is 0 Å². The second kappa shape index (κ2) is 8.79. The monoisotopic (exact) mass is 420 g/mol. The fourth-order valence-corrected chi connectivity index (χ4v) is 4.26. The van der Waals surface area contributed by atoms with Gasteiger partial charge in [0.1, 0.15) is 6.10 Å². The molecule has 2 saturated heterocycles. The van der Waals surface area contributed by atoms with Gasteiger partial charge in [0.15, 0.2) is 0 Å². The molecule has 0 aromatic rings. The summed E-state index contributed by atoms with van der Waals surface area (Å²) in [5.41, 5.74) is -0.0262. The molecule has 2 N–H and O–H groups in total. The first kappa shape index (κ1) is 22.3. The third-order valence-corrected chi connectivity index (χ3v) is 6.50. The second-order valence-electron chi connectivity index (χ2n) is 9.06. The highest BCUT2D eigenvalue weighted by molar-refractivity contribution is 5.81. The number of carbonyl (C=O) groups excluding carboxylic acids is 1.